The molecule has 0 saturated carbocycles. The van der Waals surface area contributed by atoms with Crippen molar-refractivity contribution in [2.75, 3.05) is 6.54 Å². The van der Waals surface area contributed by atoms with E-state index in [-0.39, 0.29) is 5.82 Å². The summed E-state index contributed by atoms with van der Waals surface area (Å²) in [6.45, 7) is 3.89. The molecule has 2 aromatic rings. The van der Waals surface area contributed by atoms with Gasteiger partial charge in [-0.1, -0.05) is 12.1 Å². The molecule has 4 heteroatoms. The van der Waals surface area contributed by atoms with Gasteiger partial charge in [0, 0.05) is 31.5 Å². The lowest BCUT2D eigenvalue weighted by molar-refractivity contribution is 0.511. The number of hydrogen-bond donors (Lipinski definition) is 1. The smallest absolute Gasteiger partial charge is 0.123 e. The largest absolute Gasteiger partial charge is 0.336 e. The van der Waals surface area contributed by atoms with E-state index in [4.69, 9.17) is 0 Å². The van der Waals surface area contributed by atoms with Crippen molar-refractivity contribution in [1.29, 1.82) is 0 Å². The van der Waals surface area contributed by atoms with Gasteiger partial charge in [-0.15, -0.1) is 0 Å². The number of benzene rings is 1. The SMILES string of the molecule is CC(Cc1cccc(F)c1)NCCn1ccnc1. The first-order chi connectivity index (χ1) is 8.74. The number of imidazole rings is 1. The van der Waals surface area contributed by atoms with Crippen LogP contribution in [-0.2, 0) is 13.0 Å². The Bertz CT molecular complexity index is 468. The summed E-state index contributed by atoms with van der Waals surface area (Å²) in [5.41, 5.74) is 1.03. The Kier molecular flexibility index (Phi) is 4.47. The van der Waals surface area contributed by atoms with E-state index in [9.17, 15) is 4.39 Å². The van der Waals surface area contributed by atoms with Crippen LogP contribution in [0.4, 0.5) is 4.39 Å². The molecular formula is C14H18FN3. The molecule has 1 atom stereocenters. The number of aromatic nitrogens is 2. The predicted molar refractivity (Wildman–Crippen MR) is 69.8 cm³/mol. The van der Waals surface area contributed by atoms with Gasteiger partial charge in [-0.3, -0.25) is 0 Å². The van der Waals surface area contributed by atoms with Crippen molar-refractivity contribution in [3.63, 3.8) is 0 Å². The highest BCUT2D eigenvalue weighted by Crippen LogP contribution is 2.06. The number of hydrogen-bond acceptors (Lipinski definition) is 2. The molecule has 0 bridgehead atoms. The summed E-state index contributed by atoms with van der Waals surface area (Å²) in [5.74, 6) is -0.168. The van der Waals surface area contributed by atoms with Gasteiger partial charge in [-0.2, -0.15) is 0 Å². The van der Waals surface area contributed by atoms with E-state index >= 15 is 0 Å². The predicted octanol–water partition coefficient (Wildman–Crippen LogP) is 2.24. The molecule has 0 fully saturated rings. The number of halogens is 1. The van der Waals surface area contributed by atoms with E-state index in [0.717, 1.165) is 25.1 Å². The average Bonchev–Trinajstić information content (AvgIpc) is 2.82. The third-order valence-corrected chi connectivity index (χ3v) is 2.85. The van der Waals surface area contributed by atoms with Crippen LogP contribution in [-0.4, -0.2) is 22.1 Å². The topological polar surface area (TPSA) is 29.9 Å². The van der Waals surface area contributed by atoms with Crippen LogP contribution in [0.3, 0.4) is 0 Å². The minimum atomic E-state index is -0.168. The molecule has 0 amide bonds. The highest BCUT2D eigenvalue weighted by molar-refractivity contribution is 5.17. The summed E-state index contributed by atoms with van der Waals surface area (Å²) in [7, 11) is 0. The fourth-order valence-corrected chi connectivity index (χ4v) is 1.95. The maximum absolute atomic E-state index is 13.0. The van der Waals surface area contributed by atoms with Gasteiger partial charge in [0.1, 0.15) is 5.82 Å². The molecular weight excluding hydrogens is 229 g/mol. The van der Waals surface area contributed by atoms with Crippen molar-refractivity contribution in [2.24, 2.45) is 0 Å². The lowest BCUT2D eigenvalue weighted by Gasteiger charge is -2.14. The molecule has 0 aliphatic heterocycles. The summed E-state index contributed by atoms with van der Waals surface area (Å²) in [6.07, 6.45) is 6.36. The Labute approximate surface area is 107 Å². The summed E-state index contributed by atoms with van der Waals surface area (Å²) >= 11 is 0. The van der Waals surface area contributed by atoms with Gasteiger partial charge in [0.25, 0.3) is 0 Å². The van der Waals surface area contributed by atoms with Gasteiger partial charge in [-0.05, 0) is 31.0 Å². The summed E-state index contributed by atoms with van der Waals surface area (Å²) < 4.78 is 15.1. The molecule has 1 unspecified atom stereocenters. The minimum Gasteiger partial charge on any atom is -0.336 e. The van der Waals surface area contributed by atoms with Crippen LogP contribution in [0.5, 0.6) is 0 Å². The van der Waals surface area contributed by atoms with Gasteiger partial charge < -0.3 is 9.88 Å². The second-order valence-electron chi connectivity index (χ2n) is 4.49. The Morgan fingerprint density at radius 1 is 1.44 bits per heavy atom. The van der Waals surface area contributed by atoms with E-state index < -0.39 is 0 Å². The van der Waals surface area contributed by atoms with Gasteiger partial charge in [-0.25, -0.2) is 9.37 Å². The number of rotatable bonds is 6. The fourth-order valence-electron chi connectivity index (χ4n) is 1.95. The van der Waals surface area contributed by atoms with Crippen LogP contribution in [0.15, 0.2) is 43.0 Å². The Balaban J connectivity index is 1.73. The van der Waals surface area contributed by atoms with Gasteiger partial charge in [0.15, 0.2) is 0 Å². The molecule has 0 aliphatic carbocycles. The lowest BCUT2D eigenvalue weighted by Crippen LogP contribution is -2.30. The Morgan fingerprint density at radius 2 is 2.33 bits per heavy atom. The maximum Gasteiger partial charge on any atom is 0.123 e. The standard InChI is InChI=1S/C14H18FN3/c1-12(9-13-3-2-4-14(15)10-13)17-6-8-18-7-5-16-11-18/h2-5,7,10-12,17H,6,8-9H2,1H3. The van der Waals surface area contributed by atoms with Crippen LogP contribution < -0.4 is 5.32 Å². The summed E-state index contributed by atoms with van der Waals surface area (Å²) in [4.78, 5) is 3.99. The van der Waals surface area contributed by atoms with Crippen molar-refractivity contribution >= 4 is 0 Å². The summed E-state index contributed by atoms with van der Waals surface area (Å²) in [6, 6.07) is 7.10. The van der Waals surface area contributed by atoms with E-state index in [1.807, 2.05) is 16.8 Å². The van der Waals surface area contributed by atoms with Gasteiger partial charge in [0.05, 0.1) is 6.33 Å². The van der Waals surface area contributed by atoms with Crippen molar-refractivity contribution in [2.45, 2.75) is 25.9 Å². The zero-order valence-electron chi connectivity index (χ0n) is 10.5. The fraction of sp³-hybridized carbons (Fsp3) is 0.357. The maximum atomic E-state index is 13.0. The van der Waals surface area contributed by atoms with Crippen molar-refractivity contribution in [3.8, 4) is 0 Å². The first kappa shape index (κ1) is 12.8. The van der Waals surface area contributed by atoms with E-state index in [1.165, 1.54) is 6.07 Å². The molecule has 1 N–H and O–H groups in total. The highest BCUT2D eigenvalue weighted by atomic mass is 19.1. The second-order valence-corrected chi connectivity index (χ2v) is 4.49. The van der Waals surface area contributed by atoms with Gasteiger partial charge >= 0.3 is 0 Å². The van der Waals surface area contributed by atoms with Crippen LogP contribution in [0.25, 0.3) is 0 Å². The Morgan fingerprint density at radius 3 is 3.06 bits per heavy atom. The minimum absolute atomic E-state index is 0.168. The molecule has 2 rings (SSSR count). The third kappa shape index (κ3) is 3.96. The molecule has 0 radical (unpaired) electrons. The second kappa shape index (κ2) is 6.31. The first-order valence-corrected chi connectivity index (χ1v) is 6.17. The van der Waals surface area contributed by atoms with Crippen molar-refractivity contribution < 1.29 is 4.39 Å². The van der Waals surface area contributed by atoms with E-state index in [2.05, 4.69) is 17.2 Å². The number of nitrogens with one attached hydrogen (secondary N) is 1. The molecule has 18 heavy (non-hydrogen) atoms. The average molecular weight is 247 g/mol. The molecule has 1 aromatic heterocycles. The van der Waals surface area contributed by atoms with Crippen LogP contribution in [0.2, 0.25) is 0 Å². The molecule has 3 nitrogen and oxygen atoms in total. The zero-order chi connectivity index (χ0) is 12.8. The van der Waals surface area contributed by atoms with Crippen molar-refractivity contribution in [3.05, 3.63) is 54.4 Å². The number of nitrogens with zero attached hydrogens (tertiary/aromatic N) is 2. The first-order valence-electron chi connectivity index (χ1n) is 6.17. The van der Waals surface area contributed by atoms with Crippen molar-refractivity contribution in [1.82, 2.24) is 14.9 Å². The highest BCUT2D eigenvalue weighted by Gasteiger charge is 2.03. The van der Waals surface area contributed by atoms with Crippen LogP contribution in [0.1, 0.15) is 12.5 Å². The van der Waals surface area contributed by atoms with Gasteiger partial charge in [0.2, 0.25) is 0 Å². The monoisotopic (exact) mass is 247 g/mol. The normalized spacial score (nSPS) is 12.6. The summed E-state index contributed by atoms with van der Waals surface area (Å²) in [5, 5.41) is 3.42. The van der Waals surface area contributed by atoms with Crippen LogP contribution >= 0.6 is 0 Å². The molecule has 1 heterocycles. The van der Waals surface area contributed by atoms with E-state index in [1.54, 1.807) is 24.7 Å². The molecule has 1 aromatic carbocycles. The van der Waals surface area contributed by atoms with E-state index in [0.29, 0.717) is 6.04 Å². The van der Waals surface area contributed by atoms with Crippen LogP contribution in [0, 0.1) is 5.82 Å². The molecule has 0 spiro atoms. The third-order valence-electron chi connectivity index (χ3n) is 2.85. The molecule has 0 aliphatic rings. The lowest BCUT2D eigenvalue weighted by atomic mass is 10.1. The molecule has 0 saturated heterocycles. The quantitative estimate of drug-likeness (QED) is 0.848. The zero-order valence-corrected chi connectivity index (χ0v) is 10.5. The Hall–Kier alpha value is -1.68. The molecule has 96 valence electrons.